The van der Waals surface area contributed by atoms with Gasteiger partial charge in [-0.25, -0.2) is 8.42 Å². The van der Waals surface area contributed by atoms with E-state index in [4.69, 9.17) is 11.6 Å². The number of hydrogen-bond acceptors (Lipinski definition) is 4. The number of nitrogens with one attached hydrogen (secondary N) is 2. The lowest BCUT2D eigenvalue weighted by Crippen LogP contribution is -2.45. The number of hydrogen-bond donors (Lipinski definition) is 2. The predicted octanol–water partition coefficient (Wildman–Crippen LogP) is 3.66. The second-order valence-electron chi connectivity index (χ2n) is 7.03. The molecule has 0 aliphatic heterocycles. The molecule has 0 heterocycles. The molecular weight excluding hydrogens is 426 g/mol. The number of anilines is 2. The van der Waals surface area contributed by atoms with Crippen molar-refractivity contribution in [3.05, 3.63) is 59.1 Å². The number of para-hydroxylation sites is 1. The highest BCUT2D eigenvalue weighted by molar-refractivity contribution is 7.92. The van der Waals surface area contributed by atoms with Crippen molar-refractivity contribution in [2.75, 3.05) is 15.9 Å². The van der Waals surface area contributed by atoms with Crippen molar-refractivity contribution in [1.29, 1.82) is 0 Å². The first-order chi connectivity index (χ1) is 14.0. The lowest BCUT2D eigenvalue weighted by atomic mass is 10.1. The minimum Gasteiger partial charge on any atom is -0.350 e. The molecular formula is C21H26ClN3O4S. The zero-order valence-electron chi connectivity index (χ0n) is 17.3. The molecule has 9 heteroatoms. The van der Waals surface area contributed by atoms with Gasteiger partial charge in [0.15, 0.2) is 0 Å². The molecule has 7 nitrogen and oxygen atoms in total. The molecule has 0 aliphatic carbocycles. The van der Waals surface area contributed by atoms with Crippen molar-refractivity contribution in [3.63, 3.8) is 0 Å². The number of sulfonamides is 1. The Balaban J connectivity index is 2.30. The first kappa shape index (κ1) is 23.7. The molecule has 0 fully saturated rings. The third-order valence-electron chi connectivity index (χ3n) is 4.59. The standard InChI is InChI=1S/C21H26ClN3O4S/c1-5-14(2)23-21(27)18-8-6-7-9-19(18)24-20(26)15(3)25(30(4,28)29)17-12-10-16(22)11-13-17/h6-15H,5H2,1-4H3,(H,23,27)(H,24,26)/t14-,15+/m0/s1. The van der Waals surface area contributed by atoms with Crippen LogP contribution in [0.3, 0.4) is 0 Å². The van der Waals surface area contributed by atoms with Gasteiger partial charge in [-0.15, -0.1) is 0 Å². The Labute approximate surface area is 182 Å². The van der Waals surface area contributed by atoms with E-state index >= 15 is 0 Å². The summed E-state index contributed by atoms with van der Waals surface area (Å²) >= 11 is 5.89. The Hall–Kier alpha value is -2.58. The predicted molar refractivity (Wildman–Crippen MR) is 121 cm³/mol. The topological polar surface area (TPSA) is 95.6 Å². The fourth-order valence-electron chi connectivity index (χ4n) is 2.83. The normalized spacial score (nSPS) is 13.2. The molecule has 2 amide bonds. The van der Waals surface area contributed by atoms with Crippen LogP contribution in [-0.4, -0.2) is 38.6 Å². The molecule has 0 radical (unpaired) electrons. The minimum absolute atomic E-state index is 0.0224. The molecule has 2 N–H and O–H groups in total. The molecule has 0 aliphatic rings. The Morgan fingerprint density at radius 3 is 2.23 bits per heavy atom. The molecule has 0 saturated carbocycles. The van der Waals surface area contributed by atoms with E-state index in [0.717, 1.165) is 17.0 Å². The van der Waals surface area contributed by atoms with Gasteiger partial charge in [-0.05, 0) is 56.7 Å². The van der Waals surface area contributed by atoms with E-state index in [9.17, 15) is 18.0 Å². The second kappa shape index (κ2) is 9.95. The van der Waals surface area contributed by atoms with Crippen LogP contribution in [0.1, 0.15) is 37.6 Å². The second-order valence-corrected chi connectivity index (χ2v) is 9.32. The van der Waals surface area contributed by atoms with Crippen LogP contribution in [0, 0.1) is 0 Å². The quantitative estimate of drug-likeness (QED) is 0.640. The van der Waals surface area contributed by atoms with Crippen molar-refractivity contribution in [2.45, 2.75) is 39.3 Å². The number of nitrogens with zero attached hydrogens (tertiary/aromatic N) is 1. The molecule has 162 valence electrons. The summed E-state index contributed by atoms with van der Waals surface area (Å²) in [5.41, 5.74) is 0.919. The molecule has 0 aromatic heterocycles. The maximum atomic E-state index is 12.9. The zero-order valence-corrected chi connectivity index (χ0v) is 18.9. The van der Waals surface area contributed by atoms with E-state index < -0.39 is 22.0 Å². The first-order valence-electron chi connectivity index (χ1n) is 9.50. The maximum Gasteiger partial charge on any atom is 0.253 e. The Morgan fingerprint density at radius 1 is 1.07 bits per heavy atom. The van der Waals surface area contributed by atoms with Gasteiger partial charge in [0.05, 0.1) is 23.2 Å². The average Bonchev–Trinajstić information content (AvgIpc) is 2.68. The Bertz CT molecular complexity index is 1010. The monoisotopic (exact) mass is 451 g/mol. The van der Waals surface area contributed by atoms with E-state index in [0.29, 0.717) is 22.0 Å². The van der Waals surface area contributed by atoms with Crippen molar-refractivity contribution in [2.24, 2.45) is 0 Å². The molecule has 0 bridgehead atoms. The number of benzene rings is 2. The van der Waals surface area contributed by atoms with Gasteiger partial charge >= 0.3 is 0 Å². The summed E-state index contributed by atoms with van der Waals surface area (Å²) in [5.74, 6) is -0.885. The Kier molecular flexibility index (Phi) is 7.86. The number of rotatable bonds is 8. The summed E-state index contributed by atoms with van der Waals surface area (Å²) in [4.78, 5) is 25.5. The highest BCUT2D eigenvalue weighted by Crippen LogP contribution is 2.24. The van der Waals surface area contributed by atoms with Gasteiger partial charge in [0.1, 0.15) is 6.04 Å². The molecule has 2 aromatic rings. The van der Waals surface area contributed by atoms with E-state index in [-0.39, 0.29) is 11.9 Å². The molecule has 2 aromatic carbocycles. The number of amides is 2. The van der Waals surface area contributed by atoms with Gasteiger partial charge in [0, 0.05) is 11.1 Å². The molecule has 30 heavy (non-hydrogen) atoms. The van der Waals surface area contributed by atoms with Gasteiger partial charge in [-0.1, -0.05) is 30.7 Å². The van der Waals surface area contributed by atoms with Crippen molar-refractivity contribution >= 4 is 44.8 Å². The van der Waals surface area contributed by atoms with Gasteiger partial charge in [0.25, 0.3) is 5.91 Å². The van der Waals surface area contributed by atoms with E-state index in [1.807, 2.05) is 13.8 Å². The number of carbonyl (C=O) groups excluding carboxylic acids is 2. The van der Waals surface area contributed by atoms with Crippen LogP contribution >= 0.6 is 11.6 Å². The SMILES string of the molecule is CC[C@H](C)NC(=O)c1ccccc1NC(=O)[C@@H](C)N(c1ccc(Cl)cc1)S(C)(=O)=O. The van der Waals surface area contributed by atoms with Crippen LogP contribution in [0.15, 0.2) is 48.5 Å². The van der Waals surface area contributed by atoms with Crippen LogP contribution < -0.4 is 14.9 Å². The summed E-state index contributed by atoms with van der Waals surface area (Å²) in [6.45, 7) is 5.32. The fraction of sp³-hybridized carbons (Fsp3) is 0.333. The third kappa shape index (κ3) is 5.96. The summed E-state index contributed by atoms with van der Waals surface area (Å²) in [6, 6.07) is 11.7. The van der Waals surface area contributed by atoms with Gasteiger partial charge < -0.3 is 10.6 Å². The maximum absolute atomic E-state index is 12.9. The van der Waals surface area contributed by atoms with Crippen LogP contribution in [0.25, 0.3) is 0 Å². The van der Waals surface area contributed by atoms with E-state index in [1.54, 1.807) is 36.4 Å². The molecule has 2 atom stereocenters. The van der Waals surface area contributed by atoms with E-state index in [1.165, 1.54) is 19.1 Å². The molecule has 0 unspecified atom stereocenters. The van der Waals surface area contributed by atoms with Crippen LogP contribution in [0.5, 0.6) is 0 Å². The third-order valence-corrected chi connectivity index (χ3v) is 6.08. The summed E-state index contributed by atoms with van der Waals surface area (Å²) in [6.07, 6.45) is 1.79. The lowest BCUT2D eigenvalue weighted by Gasteiger charge is -2.28. The first-order valence-corrected chi connectivity index (χ1v) is 11.7. The largest absolute Gasteiger partial charge is 0.350 e. The fourth-order valence-corrected chi connectivity index (χ4v) is 4.13. The summed E-state index contributed by atoms with van der Waals surface area (Å²) < 4.78 is 25.8. The Morgan fingerprint density at radius 2 is 1.67 bits per heavy atom. The average molecular weight is 452 g/mol. The summed E-state index contributed by atoms with van der Waals surface area (Å²) in [5, 5.41) is 5.99. The highest BCUT2D eigenvalue weighted by atomic mass is 35.5. The minimum atomic E-state index is -3.76. The molecule has 0 saturated heterocycles. The smallest absolute Gasteiger partial charge is 0.253 e. The van der Waals surface area contributed by atoms with Crippen LogP contribution in [0.2, 0.25) is 5.02 Å². The number of halogens is 1. The number of carbonyl (C=O) groups is 2. The zero-order chi connectivity index (χ0) is 22.5. The van der Waals surface area contributed by atoms with Gasteiger partial charge in [0.2, 0.25) is 15.9 Å². The van der Waals surface area contributed by atoms with Gasteiger partial charge in [-0.2, -0.15) is 0 Å². The lowest BCUT2D eigenvalue weighted by molar-refractivity contribution is -0.116. The van der Waals surface area contributed by atoms with Crippen molar-refractivity contribution < 1.29 is 18.0 Å². The highest BCUT2D eigenvalue weighted by Gasteiger charge is 2.29. The van der Waals surface area contributed by atoms with Crippen molar-refractivity contribution in [1.82, 2.24) is 5.32 Å². The van der Waals surface area contributed by atoms with Crippen molar-refractivity contribution in [3.8, 4) is 0 Å². The van der Waals surface area contributed by atoms with Gasteiger partial charge in [-0.3, -0.25) is 13.9 Å². The molecule has 0 spiro atoms. The van der Waals surface area contributed by atoms with Crippen LogP contribution in [-0.2, 0) is 14.8 Å². The summed E-state index contributed by atoms with van der Waals surface area (Å²) in [7, 11) is -3.76. The molecule has 2 rings (SSSR count). The van der Waals surface area contributed by atoms with Crippen LogP contribution in [0.4, 0.5) is 11.4 Å². The van der Waals surface area contributed by atoms with E-state index in [2.05, 4.69) is 10.6 Å².